The van der Waals surface area contributed by atoms with Crippen molar-refractivity contribution in [3.8, 4) is 5.75 Å². The van der Waals surface area contributed by atoms with Crippen LogP contribution in [0.4, 0.5) is 6.01 Å². The fourth-order valence-corrected chi connectivity index (χ4v) is 3.22. The predicted molar refractivity (Wildman–Crippen MR) is 105 cm³/mol. The number of thioether (sulfide) groups is 1. The molecule has 6 nitrogen and oxygen atoms in total. The van der Waals surface area contributed by atoms with E-state index in [2.05, 4.69) is 46.7 Å². The first-order chi connectivity index (χ1) is 13.1. The van der Waals surface area contributed by atoms with Crippen molar-refractivity contribution >= 4 is 23.7 Å². The Morgan fingerprint density at radius 1 is 1.11 bits per heavy atom. The molecule has 0 atom stereocenters. The monoisotopic (exact) mass is 383 g/mol. The summed E-state index contributed by atoms with van der Waals surface area (Å²) in [4.78, 5) is 13.2. The van der Waals surface area contributed by atoms with Gasteiger partial charge in [-0.15, -0.1) is 16.9 Å². The van der Waals surface area contributed by atoms with Crippen molar-refractivity contribution in [2.45, 2.75) is 24.7 Å². The molecule has 1 aromatic heterocycles. The Kier molecular flexibility index (Phi) is 6.49. The number of aryl methyl sites for hydroxylation is 1. The van der Waals surface area contributed by atoms with Gasteiger partial charge < -0.3 is 9.15 Å². The molecular weight excluding hydrogens is 362 g/mol. The summed E-state index contributed by atoms with van der Waals surface area (Å²) in [5.41, 5.74) is 2.24. The van der Waals surface area contributed by atoms with E-state index in [0.717, 1.165) is 16.2 Å². The van der Waals surface area contributed by atoms with E-state index in [9.17, 15) is 4.79 Å². The van der Waals surface area contributed by atoms with Gasteiger partial charge in [0, 0.05) is 17.1 Å². The fourth-order valence-electron chi connectivity index (χ4n) is 2.37. The Morgan fingerprint density at radius 2 is 1.85 bits per heavy atom. The van der Waals surface area contributed by atoms with Crippen molar-refractivity contribution in [2.75, 3.05) is 18.2 Å². The maximum absolute atomic E-state index is 12.0. The summed E-state index contributed by atoms with van der Waals surface area (Å²) in [6.45, 7) is 2.05. The molecule has 2 aromatic carbocycles. The average molecular weight is 383 g/mol. The third-order valence-corrected chi connectivity index (χ3v) is 4.86. The SMILES string of the molecule is COc1ccc(Cc2nnc(NC(=O)CCSc3ccc(C)cc3)o2)cc1. The third-order valence-electron chi connectivity index (χ3n) is 3.85. The van der Waals surface area contributed by atoms with Gasteiger partial charge in [0.25, 0.3) is 0 Å². The predicted octanol–water partition coefficient (Wildman–Crippen LogP) is 4.10. The van der Waals surface area contributed by atoms with E-state index < -0.39 is 0 Å². The van der Waals surface area contributed by atoms with E-state index in [1.54, 1.807) is 18.9 Å². The minimum Gasteiger partial charge on any atom is -0.497 e. The number of aromatic nitrogens is 2. The second kappa shape index (κ2) is 9.23. The highest BCUT2D eigenvalue weighted by Crippen LogP contribution is 2.19. The van der Waals surface area contributed by atoms with Gasteiger partial charge >= 0.3 is 6.01 Å². The molecule has 0 bridgehead atoms. The molecular formula is C20H21N3O3S. The number of rotatable bonds is 8. The first-order valence-electron chi connectivity index (χ1n) is 8.57. The molecule has 1 amide bonds. The lowest BCUT2D eigenvalue weighted by molar-refractivity contribution is -0.115. The molecule has 0 aliphatic heterocycles. The third kappa shape index (κ3) is 5.86. The molecule has 0 aliphatic carbocycles. The molecule has 0 unspecified atom stereocenters. The van der Waals surface area contributed by atoms with Crippen LogP contribution in [-0.4, -0.2) is 29.0 Å². The zero-order valence-corrected chi connectivity index (χ0v) is 16.1. The van der Waals surface area contributed by atoms with E-state index in [4.69, 9.17) is 9.15 Å². The normalized spacial score (nSPS) is 10.6. The van der Waals surface area contributed by atoms with Gasteiger partial charge in [-0.1, -0.05) is 34.9 Å². The van der Waals surface area contributed by atoms with Gasteiger partial charge in [0.1, 0.15) is 5.75 Å². The number of carbonyl (C=O) groups excluding carboxylic acids is 1. The van der Waals surface area contributed by atoms with Crippen LogP contribution in [0.25, 0.3) is 0 Å². The summed E-state index contributed by atoms with van der Waals surface area (Å²) in [5.74, 6) is 1.78. The van der Waals surface area contributed by atoms with Crippen molar-refractivity contribution in [1.82, 2.24) is 10.2 Å². The molecule has 27 heavy (non-hydrogen) atoms. The van der Waals surface area contributed by atoms with E-state index in [-0.39, 0.29) is 11.9 Å². The summed E-state index contributed by atoms with van der Waals surface area (Å²) in [6.07, 6.45) is 0.866. The van der Waals surface area contributed by atoms with Crippen LogP contribution in [0.3, 0.4) is 0 Å². The van der Waals surface area contributed by atoms with Crippen molar-refractivity contribution in [2.24, 2.45) is 0 Å². The van der Waals surface area contributed by atoms with Gasteiger partial charge in [-0.05, 0) is 36.8 Å². The molecule has 1 heterocycles. The lowest BCUT2D eigenvalue weighted by atomic mass is 10.1. The Morgan fingerprint density at radius 3 is 2.56 bits per heavy atom. The van der Waals surface area contributed by atoms with E-state index >= 15 is 0 Å². The van der Waals surface area contributed by atoms with Crippen LogP contribution < -0.4 is 10.1 Å². The highest BCUT2D eigenvalue weighted by molar-refractivity contribution is 7.99. The van der Waals surface area contributed by atoms with Gasteiger partial charge in [0.2, 0.25) is 11.8 Å². The molecule has 0 aliphatic rings. The van der Waals surface area contributed by atoms with Crippen LogP contribution >= 0.6 is 11.8 Å². The number of anilines is 1. The molecule has 0 radical (unpaired) electrons. The minimum atomic E-state index is -0.144. The van der Waals surface area contributed by atoms with Crippen LogP contribution in [-0.2, 0) is 11.2 Å². The number of ether oxygens (including phenoxy) is 1. The number of carbonyl (C=O) groups is 1. The number of hydrogen-bond acceptors (Lipinski definition) is 6. The first-order valence-corrected chi connectivity index (χ1v) is 9.55. The Labute approximate surface area is 162 Å². The van der Waals surface area contributed by atoms with E-state index in [0.29, 0.717) is 24.5 Å². The summed E-state index contributed by atoms with van der Waals surface area (Å²) < 4.78 is 10.6. The van der Waals surface area contributed by atoms with Crippen LogP contribution in [0.15, 0.2) is 57.8 Å². The summed E-state index contributed by atoms with van der Waals surface area (Å²) in [7, 11) is 1.63. The Hall–Kier alpha value is -2.80. The second-order valence-corrected chi connectivity index (χ2v) is 7.15. The largest absolute Gasteiger partial charge is 0.497 e. The van der Waals surface area contributed by atoms with Crippen molar-refractivity contribution < 1.29 is 13.9 Å². The van der Waals surface area contributed by atoms with Gasteiger partial charge in [-0.2, -0.15) is 0 Å². The number of methoxy groups -OCH3 is 1. The lowest BCUT2D eigenvalue weighted by Crippen LogP contribution is -2.12. The van der Waals surface area contributed by atoms with Gasteiger partial charge in [0.05, 0.1) is 13.5 Å². The number of amides is 1. The topological polar surface area (TPSA) is 77.3 Å². The molecule has 1 N–H and O–H groups in total. The number of nitrogens with one attached hydrogen (secondary N) is 1. The quantitative estimate of drug-likeness (QED) is 0.590. The first kappa shape index (κ1) is 19.0. The molecule has 3 aromatic rings. The number of hydrogen-bond donors (Lipinski definition) is 1. The minimum absolute atomic E-state index is 0.129. The average Bonchev–Trinajstić information content (AvgIpc) is 3.10. The Bertz CT molecular complexity index is 876. The molecule has 0 fully saturated rings. The lowest BCUT2D eigenvalue weighted by Gasteiger charge is -2.02. The van der Waals surface area contributed by atoms with Crippen molar-refractivity contribution in [3.05, 3.63) is 65.5 Å². The molecule has 7 heteroatoms. The maximum Gasteiger partial charge on any atom is 0.322 e. The van der Waals surface area contributed by atoms with Gasteiger partial charge in [-0.25, -0.2) is 0 Å². The van der Waals surface area contributed by atoms with E-state index in [1.165, 1.54) is 5.56 Å². The standard InChI is InChI=1S/C20H21N3O3S/c1-14-3-9-17(10-4-14)27-12-11-18(24)21-20-23-22-19(26-20)13-15-5-7-16(25-2)8-6-15/h3-10H,11-13H2,1-2H3,(H,21,23,24). The second-order valence-electron chi connectivity index (χ2n) is 5.99. The van der Waals surface area contributed by atoms with Crippen LogP contribution in [0, 0.1) is 6.92 Å². The summed E-state index contributed by atoms with van der Waals surface area (Å²) in [5, 5.41) is 10.5. The van der Waals surface area contributed by atoms with E-state index in [1.807, 2.05) is 24.3 Å². The van der Waals surface area contributed by atoms with Crippen LogP contribution in [0.2, 0.25) is 0 Å². The zero-order chi connectivity index (χ0) is 19.1. The molecule has 140 valence electrons. The number of benzene rings is 2. The van der Waals surface area contributed by atoms with Crippen LogP contribution in [0.1, 0.15) is 23.4 Å². The summed E-state index contributed by atoms with van der Waals surface area (Å²) >= 11 is 1.64. The highest BCUT2D eigenvalue weighted by atomic mass is 32.2. The maximum atomic E-state index is 12.0. The zero-order valence-electron chi connectivity index (χ0n) is 15.3. The van der Waals surface area contributed by atoms with Gasteiger partial charge in [-0.3, -0.25) is 10.1 Å². The molecule has 3 rings (SSSR count). The smallest absolute Gasteiger partial charge is 0.322 e. The molecule has 0 spiro atoms. The molecule has 0 saturated carbocycles. The van der Waals surface area contributed by atoms with Crippen molar-refractivity contribution in [1.29, 1.82) is 0 Å². The Balaban J connectivity index is 1.45. The highest BCUT2D eigenvalue weighted by Gasteiger charge is 2.10. The molecule has 0 saturated heterocycles. The van der Waals surface area contributed by atoms with Crippen LogP contribution in [0.5, 0.6) is 5.75 Å². The van der Waals surface area contributed by atoms with Crippen molar-refractivity contribution in [3.63, 3.8) is 0 Å². The number of nitrogens with zero attached hydrogens (tertiary/aromatic N) is 2. The van der Waals surface area contributed by atoms with Gasteiger partial charge in [0.15, 0.2) is 0 Å². The fraction of sp³-hybridized carbons (Fsp3) is 0.250. The summed E-state index contributed by atoms with van der Waals surface area (Å²) in [6, 6.07) is 16.0.